The van der Waals surface area contributed by atoms with Crippen LogP contribution in [0.1, 0.15) is 37.7 Å². The van der Waals surface area contributed by atoms with E-state index in [0.29, 0.717) is 19.8 Å². The topological polar surface area (TPSA) is 66.9 Å². The predicted molar refractivity (Wildman–Crippen MR) is 115 cm³/mol. The summed E-state index contributed by atoms with van der Waals surface area (Å²) in [6.07, 6.45) is 5.72. The third kappa shape index (κ3) is 3.74. The molecular weight excluding hydrogens is 388 g/mol. The Morgan fingerprint density at radius 1 is 1.03 bits per heavy atom. The zero-order valence-electron chi connectivity index (χ0n) is 16.3. The molecule has 152 valence electrons. The fraction of sp³-hybridized carbons (Fsp3) is 0.409. The van der Waals surface area contributed by atoms with Gasteiger partial charge in [-0.3, -0.25) is 0 Å². The van der Waals surface area contributed by atoms with Crippen LogP contribution in [0.5, 0.6) is 11.5 Å². The first-order valence-corrected chi connectivity index (χ1v) is 10.6. The Morgan fingerprint density at radius 3 is 2.62 bits per heavy atom. The van der Waals surface area contributed by atoms with Crippen LogP contribution >= 0.6 is 11.6 Å². The molecule has 0 aromatic heterocycles. The van der Waals surface area contributed by atoms with Crippen molar-refractivity contribution in [3.63, 3.8) is 0 Å². The lowest BCUT2D eigenvalue weighted by molar-refractivity contribution is 0.171. The van der Waals surface area contributed by atoms with Crippen molar-refractivity contribution in [1.82, 2.24) is 10.9 Å². The molecule has 0 amide bonds. The van der Waals surface area contributed by atoms with Crippen LogP contribution in [0.2, 0.25) is 5.02 Å². The molecule has 2 aromatic carbocycles. The maximum atomic E-state index is 6.10. The van der Waals surface area contributed by atoms with Gasteiger partial charge < -0.3 is 20.2 Å². The molecule has 0 unspecified atom stereocenters. The van der Waals surface area contributed by atoms with Crippen LogP contribution in [0.25, 0.3) is 0 Å². The second-order valence-electron chi connectivity index (χ2n) is 7.85. The molecule has 2 heterocycles. The van der Waals surface area contributed by atoms with Gasteiger partial charge in [-0.15, -0.1) is 0 Å². The van der Waals surface area contributed by atoms with Crippen LogP contribution in [-0.2, 0) is 6.54 Å². The van der Waals surface area contributed by atoms with E-state index in [0.717, 1.165) is 52.1 Å². The maximum Gasteiger partial charge on any atom is 0.163 e. The fourth-order valence-electron chi connectivity index (χ4n) is 4.36. The molecule has 29 heavy (non-hydrogen) atoms. The van der Waals surface area contributed by atoms with Gasteiger partial charge in [0.15, 0.2) is 11.5 Å². The number of rotatable bonds is 3. The average Bonchev–Trinajstić information content (AvgIpc) is 2.73. The lowest BCUT2D eigenvalue weighted by Crippen LogP contribution is -2.57. The molecule has 1 fully saturated rings. The number of anilines is 1. The van der Waals surface area contributed by atoms with Crippen LogP contribution in [0, 0.1) is 0 Å². The third-order valence-electron chi connectivity index (χ3n) is 5.82. The molecule has 1 spiro atoms. The molecule has 3 N–H and O–H groups in total. The lowest BCUT2D eigenvalue weighted by Gasteiger charge is -2.43. The van der Waals surface area contributed by atoms with E-state index >= 15 is 0 Å². The second kappa shape index (κ2) is 7.76. The van der Waals surface area contributed by atoms with Crippen LogP contribution in [0.15, 0.2) is 41.4 Å². The number of benzene rings is 2. The first-order valence-electron chi connectivity index (χ1n) is 10.3. The largest absolute Gasteiger partial charge is 0.486 e. The zero-order valence-corrected chi connectivity index (χ0v) is 17.0. The van der Waals surface area contributed by atoms with Gasteiger partial charge in [-0.25, -0.2) is 10.4 Å². The average molecular weight is 413 g/mol. The highest BCUT2D eigenvalue weighted by Crippen LogP contribution is 2.45. The van der Waals surface area contributed by atoms with Crippen LogP contribution in [-0.4, -0.2) is 24.6 Å². The second-order valence-corrected chi connectivity index (χ2v) is 8.29. The summed E-state index contributed by atoms with van der Waals surface area (Å²) >= 11 is 6.10. The number of nitrogens with one attached hydrogen (secondary N) is 3. The van der Waals surface area contributed by atoms with E-state index in [1.54, 1.807) is 0 Å². The molecule has 1 saturated carbocycles. The number of halogens is 1. The molecular formula is C22H25ClN4O2. The van der Waals surface area contributed by atoms with E-state index in [-0.39, 0.29) is 5.54 Å². The predicted octanol–water partition coefficient (Wildman–Crippen LogP) is 4.56. The number of hydrazine groups is 1. The van der Waals surface area contributed by atoms with Crippen LogP contribution in [0.3, 0.4) is 0 Å². The van der Waals surface area contributed by atoms with Crippen molar-refractivity contribution in [2.24, 2.45) is 4.99 Å². The van der Waals surface area contributed by atoms with Gasteiger partial charge in [-0.1, -0.05) is 43.0 Å². The van der Waals surface area contributed by atoms with E-state index in [4.69, 9.17) is 26.1 Å². The van der Waals surface area contributed by atoms with Crippen LogP contribution < -0.4 is 25.6 Å². The molecule has 2 aromatic rings. The molecule has 1 aliphatic carbocycles. The Hall–Kier alpha value is -2.44. The van der Waals surface area contributed by atoms with Crippen molar-refractivity contribution in [3.05, 3.63) is 47.0 Å². The monoisotopic (exact) mass is 412 g/mol. The molecule has 6 nitrogen and oxygen atoms in total. The first kappa shape index (κ1) is 18.6. The van der Waals surface area contributed by atoms with Gasteiger partial charge in [-0.05, 0) is 30.5 Å². The van der Waals surface area contributed by atoms with Gasteiger partial charge in [0.05, 0.1) is 16.9 Å². The highest BCUT2D eigenvalue weighted by atomic mass is 35.5. The summed E-state index contributed by atoms with van der Waals surface area (Å²) in [5, 5.41) is 4.52. The summed E-state index contributed by atoms with van der Waals surface area (Å²) in [7, 11) is 0. The molecule has 3 aliphatic rings. The van der Waals surface area contributed by atoms with Crippen molar-refractivity contribution in [2.45, 2.75) is 44.2 Å². The molecule has 2 aliphatic heterocycles. The van der Waals surface area contributed by atoms with Gasteiger partial charge in [0.2, 0.25) is 0 Å². The maximum absolute atomic E-state index is 6.10. The number of nitrogens with zero attached hydrogens (tertiary/aromatic N) is 1. The number of aliphatic imine (C=N–C) groups is 1. The van der Waals surface area contributed by atoms with Crippen molar-refractivity contribution >= 4 is 28.8 Å². The Balaban J connectivity index is 1.41. The Labute approximate surface area is 175 Å². The standard InChI is InChI=1S/C22H25ClN4O2/c23-16-6-4-5-15(11-16)14-24-27-21-22(7-2-1-3-8-22)26-18-13-20-19(12-17(18)25-21)28-9-10-29-20/h4-6,11-13,24,26H,1-3,7-10,14H2,(H,25,27). The Bertz CT molecular complexity index is 940. The number of fused-ring (bicyclic) bond motifs is 2. The highest BCUT2D eigenvalue weighted by molar-refractivity contribution is 6.30. The van der Waals surface area contributed by atoms with Gasteiger partial charge >= 0.3 is 0 Å². The number of amidine groups is 1. The normalized spacial score (nSPS) is 19.1. The van der Waals surface area contributed by atoms with Gasteiger partial charge in [0.25, 0.3) is 0 Å². The van der Waals surface area contributed by atoms with Crippen molar-refractivity contribution in [1.29, 1.82) is 0 Å². The minimum atomic E-state index is -0.184. The Kier molecular flexibility index (Phi) is 4.97. The first-order chi connectivity index (χ1) is 14.2. The van der Waals surface area contributed by atoms with Gasteiger partial charge in [0.1, 0.15) is 19.0 Å². The highest BCUT2D eigenvalue weighted by Gasteiger charge is 2.41. The van der Waals surface area contributed by atoms with Crippen molar-refractivity contribution < 1.29 is 9.47 Å². The zero-order chi connectivity index (χ0) is 19.7. The number of ether oxygens (including phenoxy) is 2. The van der Waals surface area contributed by atoms with Crippen molar-refractivity contribution in [2.75, 3.05) is 18.5 Å². The van der Waals surface area contributed by atoms with E-state index in [2.05, 4.69) is 22.2 Å². The number of hydrogen-bond donors (Lipinski definition) is 3. The molecule has 0 bridgehead atoms. The molecule has 5 rings (SSSR count). The minimum Gasteiger partial charge on any atom is -0.486 e. The van der Waals surface area contributed by atoms with E-state index in [1.807, 2.05) is 30.3 Å². The summed E-state index contributed by atoms with van der Waals surface area (Å²) in [6, 6.07) is 11.9. The summed E-state index contributed by atoms with van der Waals surface area (Å²) < 4.78 is 11.5. The molecule has 0 saturated heterocycles. The van der Waals surface area contributed by atoms with Crippen LogP contribution in [0.4, 0.5) is 11.4 Å². The number of hydrogen-bond acceptors (Lipinski definition) is 6. The summed E-state index contributed by atoms with van der Waals surface area (Å²) in [5.41, 5.74) is 9.54. The van der Waals surface area contributed by atoms with E-state index in [1.165, 1.54) is 19.3 Å². The van der Waals surface area contributed by atoms with E-state index in [9.17, 15) is 0 Å². The van der Waals surface area contributed by atoms with Gasteiger partial charge in [0, 0.05) is 23.7 Å². The summed E-state index contributed by atoms with van der Waals surface area (Å²) in [4.78, 5) is 5.00. The fourth-order valence-corrected chi connectivity index (χ4v) is 4.57. The van der Waals surface area contributed by atoms with Gasteiger partial charge in [-0.2, -0.15) is 0 Å². The SMILES string of the molecule is Clc1cccc(CNNC2=Nc3cc4c(cc3NC23CCCCC3)OCCO4)c1. The van der Waals surface area contributed by atoms with Crippen molar-refractivity contribution in [3.8, 4) is 11.5 Å². The molecule has 0 radical (unpaired) electrons. The summed E-state index contributed by atoms with van der Waals surface area (Å²) in [5.74, 6) is 2.48. The smallest absolute Gasteiger partial charge is 0.163 e. The Morgan fingerprint density at radius 2 is 1.83 bits per heavy atom. The summed E-state index contributed by atoms with van der Waals surface area (Å²) in [6.45, 7) is 1.81. The molecule has 0 atom stereocenters. The molecule has 7 heteroatoms. The quantitative estimate of drug-likeness (QED) is 0.644. The lowest BCUT2D eigenvalue weighted by atomic mass is 9.79. The minimum absolute atomic E-state index is 0.184. The van der Waals surface area contributed by atoms with E-state index < -0.39 is 0 Å². The third-order valence-corrected chi connectivity index (χ3v) is 6.05.